The lowest BCUT2D eigenvalue weighted by molar-refractivity contribution is -0.134. The van der Waals surface area contributed by atoms with E-state index in [0.29, 0.717) is 0 Å². The topological polar surface area (TPSA) is 61.8 Å². The van der Waals surface area contributed by atoms with E-state index in [2.05, 4.69) is 13.8 Å². The summed E-state index contributed by atoms with van der Waals surface area (Å²) in [5, 5.41) is 0. The first-order valence-corrected chi connectivity index (χ1v) is 5.26. The number of hydrogen-bond donors (Lipinski definition) is 0. The first-order valence-electron chi connectivity index (χ1n) is 3.53. The number of allylic oxidation sites excluding steroid dienone is 1. The van der Waals surface area contributed by atoms with Crippen LogP contribution in [0.15, 0.2) is 12.2 Å². The number of carbonyl (C=O) groups excluding carboxylic acids is 1. The normalized spacial score (nSPS) is 11.9. The largest absolute Gasteiger partial charge is 0.466 e. The molecule has 0 aromatic carbocycles. The van der Waals surface area contributed by atoms with E-state index in [-0.39, 0.29) is 6.16 Å². The molecule has 6 heteroatoms. The van der Waals surface area contributed by atoms with Crippen molar-refractivity contribution in [1.29, 1.82) is 0 Å². The van der Waals surface area contributed by atoms with E-state index >= 15 is 0 Å². The Balaban J connectivity index is 4.07. The maximum Gasteiger partial charge on any atom is 0.333 e. The highest BCUT2D eigenvalue weighted by atomic mass is 31.2. The fraction of sp³-hybridized carbons (Fsp3) is 0.571. The summed E-state index contributed by atoms with van der Waals surface area (Å²) in [6.45, 7) is 0. The van der Waals surface area contributed by atoms with Gasteiger partial charge in [-0.2, -0.15) is 0 Å². The van der Waals surface area contributed by atoms with E-state index in [1.807, 2.05) is 0 Å². The molecule has 5 nitrogen and oxygen atoms in total. The molecular weight excluding hydrogens is 195 g/mol. The van der Waals surface area contributed by atoms with Crippen molar-refractivity contribution in [2.75, 3.05) is 27.5 Å². The molecule has 13 heavy (non-hydrogen) atoms. The van der Waals surface area contributed by atoms with Gasteiger partial charge in [0.2, 0.25) is 0 Å². The van der Waals surface area contributed by atoms with Crippen LogP contribution in [0.5, 0.6) is 0 Å². The van der Waals surface area contributed by atoms with Crippen molar-refractivity contribution < 1.29 is 23.1 Å². The van der Waals surface area contributed by atoms with E-state index in [4.69, 9.17) is 0 Å². The molecule has 0 fully saturated rings. The molecule has 0 saturated carbocycles. The van der Waals surface area contributed by atoms with Crippen LogP contribution in [-0.4, -0.2) is 33.5 Å². The quantitative estimate of drug-likeness (QED) is 0.386. The second-order valence-electron chi connectivity index (χ2n) is 2.08. The summed E-state index contributed by atoms with van der Waals surface area (Å²) >= 11 is 0. The number of rotatable bonds is 5. The second kappa shape index (κ2) is 5.91. The number of ether oxygens (including phenoxy) is 1. The highest BCUT2D eigenvalue weighted by molar-refractivity contribution is 7.54. The summed E-state index contributed by atoms with van der Waals surface area (Å²) in [6.07, 6.45) is 2.61. The zero-order valence-corrected chi connectivity index (χ0v) is 8.74. The van der Waals surface area contributed by atoms with E-state index < -0.39 is 13.6 Å². The molecule has 0 atom stereocenters. The van der Waals surface area contributed by atoms with Crippen LogP contribution in [0.4, 0.5) is 0 Å². The Morgan fingerprint density at radius 1 is 1.31 bits per heavy atom. The van der Waals surface area contributed by atoms with Crippen LogP contribution in [0, 0.1) is 0 Å². The SMILES string of the molecule is COC(=O)/C=C/CP(=O)(OC)OC. The molecule has 0 heterocycles. The summed E-state index contributed by atoms with van der Waals surface area (Å²) in [5.74, 6) is -0.501. The molecule has 76 valence electrons. The molecule has 0 aromatic rings. The Hall–Kier alpha value is -0.640. The van der Waals surface area contributed by atoms with E-state index in [9.17, 15) is 9.36 Å². The molecule has 0 spiro atoms. The van der Waals surface area contributed by atoms with Gasteiger partial charge in [0.15, 0.2) is 0 Å². The third kappa shape index (κ3) is 4.83. The molecular formula is C7H13O5P. The van der Waals surface area contributed by atoms with E-state index in [1.54, 1.807) is 0 Å². The van der Waals surface area contributed by atoms with Gasteiger partial charge in [0.1, 0.15) is 0 Å². The number of hydrogen-bond acceptors (Lipinski definition) is 5. The van der Waals surface area contributed by atoms with Crippen molar-refractivity contribution in [3.8, 4) is 0 Å². The van der Waals surface area contributed by atoms with Crippen LogP contribution in [-0.2, 0) is 23.1 Å². The van der Waals surface area contributed by atoms with Gasteiger partial charge < -0.3 is 13.8 Å². The summed E-state index contributed by atoms with van der Waals surface area (Å²) < 4.78 is 25.0. The molecule has 0 aliphatic carbocycles. The highest BCUT2D eigenvalue weighted by Gasteiger charge is 2.18. The zero-order chi connectivity index (χ0) is 10.3. The van der Waals surface area contributed by atoms with Gasteiger partial charge in [-0.05, 0) is 0 Å². The van der Waals surface area contributed by atoms with Crippen LogP contribution in [0.1, 0.15) is 0 Å². The summed E-state index contributed by atoms with van der Waals surface area (Å²) in [4.78, 5) is 10.6. The minimum Gasteiger partial charge on any atom is -0.466 e. The molecule has 0 saturated heterocycles. The van der Waals surface area contributed by atoms with Gasteiger partial charge in [-0.1, -0.05) is 6.08 Å². The van der Waals surface area contributed by atoms with Gasteiger partial charge in [0.25, 0.3) is 0 Å². The number of methoxy groups -OCH3 is 1. The Kier molecular flexibility index (Phi) is 5.62. The van der Waals surface area contributed by atoms with Gasteiger partial charge >= 0.3 is 13.6 Å². The second-order valence-corrected chi connectivity index (χ2v) is 4.40. The first-order chi connectivity index (χ1) is 6.08. The predicted molar refractivity (Wildman–Crippen MR) is 47.6 cm³/mol. The minimum absolute atomic E-state index is 0.0507. The molecule has 0 unspecified atom stereocenters. The summed E-state index contributed by atoms with van der Waals surface area (Å²) in [7, 11) is 0.796. The van der Waals surface area contributed by atoms with E-state index in [0.717, 1.165) is 0 Å². The molecule has 0 N–H and O–H groups in total. The van der Waals surface area contributed by atoms with Crippen LogP contribution in [0.3, 0.4) is 0 Å². The maximum absolute atomic E-state index is 11.4. The van der Waals surface area contributed by atoms with Crippen molar-refractivity contribution in [3.63, 3.8) is 0 Å². The van der Waals surface area contributed by atoms with Crippen LogP contribution in [0.2, 0.25) is 0 Å². The van der Waals surface area contributed by atoms with E-state index in [1.165, 1.54) is 33.5 Å². The van der Waals surface area contributed by atoms with Crippen molar-refractivity contribution in [3.05, 3.63) is 12.2 Å². The summed E-state index contributed by atoms with van der Waals surface area (Å²) in [5.41, 5.74) is 0. The van der Waals surface area contributed by atoms with Gasteiger partial charge in [-0.15, -0.1) is 0 Å². The molecule has 0 radical (unpaired) electrons. The average molecular weight is 208 g/mol. The third-order valence-corrected chi connectivity index (χ3v) is 3.11. The first kappa shape index (κ1) is 12.4. The molecule has 0 rings (SSSR count). The predicted octanol–water partition coefficient (Wildman–Crippen LogP) is 1.20. The van der Waals surface area contributed by atoms with Crippen molar-refractivity contribution >= 4 is 13.6 Å². The lowest BCUT2D eigenvalue weighted by Crippen LogP contribution is -1.96. The van der Waals surface area contributed by atoms with Crippen LogP contribution < -0.4 is 0 Å². The number of carbonyl (C=O) groups is 1. The monoisotopic (exact) mass is 208 g/mol. The van der Waals surface area contributed by atoms with Crippen molar-refractivity contribution in [2.45, 2.75) is 0 Å². The Labute approximate surface area is 77.2 Å². The van der Waals surface area contributed by atoms with Crippen molar-refractivity contribution in [2.24, 2.45) is 0 Å². The Bertz CT molecular complexity index is 227. The minimum atomic E-state index is -3.04. The average Bonchev–Trinajstić information content (AvgIpc) is 2.17. The molecule has 0 amide bonds. The van der Waals surface area contributed by atoms with Gasteiger partial charge in [-0.3, -0.25) is 4.57 Å². The molecule has 0 aliphatic rings. The van der Waals surface area contributed by atoms with Crippen LogP contribution >= 0.6 is 7.60 Å². The molecule has 0 bridgehead atoms. The number of esters is 1. The van der Waals surface area contributed by atoms with Gasteiger partial charge in [0, 0.05) is 20.3 Å². The summed E-state index contributed by atoms with van der Waals surface area (Å²) in [6, 6.07) is 0. The standard InChI is InChI=1S/C7H13O5P/c1-10-7(8)5-4-6-13(9,11-2)12-3/h4-5H,6H2,1-3H3/b5-4+. The molecule has 0 aromatic heterocycles. The fourth-order valence-corrected chi connectivity index (χ4v) is 1.38. The Morgan fingerprint density at radius 2 is 1.85 bits per heavy atom. The van der Waals surface area contributed by atoms with Gasteiger partial charge in [-0.25, -0.2) is 4.79 Å². The smallest absolute Gasteiger partial charge is 0.333 e. The van der Waals surface area contributed by atoms with Crippen molar-refractivity contribution in [1.82, 2.24) is 0 Å². The Morgan fingerprint density at radius 3 is 2.23 bits per heavy atom. The van der Waals surface area contributed by atoms with Crippen LogP contribution in [0.25, 0.3) is 0 Å². The zero-order valence-electron chi connectivity index (χ0n) is 7.85. The fourth-order valence-electron chi connectivity index (χ4n) is 0.570. The third-order valence-electron chi connectivity index (χ3n) is 1.34. The lowest BCUT2D eigenvalue weighted by atomic mass is 10.5. The highest BCUT2D eigenvalue weighted by Crippen LogP contribution is 2.45. The van der Waals surface area contributed by atoms with Gasteiger partial charge in [0.05, 0.1) is 13.3 Å². The maximum atomic E-state index is 11.4. The lowest BCUT2D eigenvalue weighted by Gasteiger charge is -2.10. The molecule has 0 aliphatic heterocycles.